The Kier molecular flexibility index (Phi) is 6.09. The van der Waals surface area contributed by atoms with Crippen LogP contribution in [0, 0.1) is 0 Å². The van der Waals surface area contributed by atoms with Gasteiger partial charge in [0.1, 0.15) is 11.4 Å². The van der Waals surface area contributed by atoms with Crippen LogP contribution in [0.25, 0.3) is 21.0 Å². The fraction of sp³-hybridized carbons (Fsp3) is 0.0769. The number of hydrogen-bond donors (Lipinski definition) is 3. The predicted molar refractivity (Wildman–Crippen MR) is 136 cm³/mol. The van der Waals surface area contributed by atoms with E-state index in [1.54, 1.807) is 37.4 Å². The largest absolute Gasteiger partial charge is 0.505 e. The number of carbonyl (C=O) groups excluding carboxylic acids is 1. The highest BCUT2D eigenvalue weighted by Crippen LogP contribution is 2.40. The Hall–Kier alpha value is -4.34. The van der Waals surface area contributed by atoms with Gasteiger partial charge in [-0.05, 0) is 41.3 Å². The number of anilines is 1. The molecule has 0 fully saturated rings. The van der Waals surface area contributed by atoms with Crippen molar-refractivity contribution < 1.29 is 19.7 Å². The monoisotopic (exact) mass is 484 g/mol. The van der Waals surface area contributed by atoms with E-state index in [4.69, 9.17) is 4.74 Å². The van der Waals surface area contributed by atoms with Gasteiger partial charge in [-0.1, -0.05) is 47.7 Å². The van der Waals surface area contributed by atoms with Crippen LogP contribution in [0.5, 0.6) is 11.5 Å². The molecule has 1 heterocycles. The molecule has 9 heteroatoms. The molecule has 0 radical (unpaired) electrons. The van der Waals surface area contributed by atoms with Gasteiger partial charge in [-0.2, -0.15) is 0 Å². The molecule has 0 aliphatic heterocycles. The average Bonchev–Trinajstić information content (AvgIpc) is 3.30. The second-order valence-corrected chi connectivity index (χ2v) is 8.69. The Morgan fingerprint density at radius 3 is 2.63 bits per heavy atom. The number of aromatic nitrogens is 1. The van der Waals surface area contributed by atoms with Gasteiger partial charge in [0, 0.05) is 17.1 Å². The Balaban J connectivity index is 1.52. The summed E-state index contributed by atoms with van der Waals surface area (Å²) in [5.74, 6) is -0.0760. The Morgan fingerprint density at radius 2 is 1.86 bits per heavy atom. The lowest BCUT2D eigenvalue weighted by molar-refractivity contribution is 0.102. The molecule has 4 aromatic carbocycles. The number of nitrogens with zero attached hydrogens (tertiary/aromatic N) is 3. The van der Waals surface area contributed by atoms with Crippen LogP contribution in [0.1, 0.15) is 15.9 Å². The number of amides is 1. The summed E-state index contributed by atoms with van der Waals surface area (Å²) in [5, 5.41) is 33.4. The molecule has 0 spiro atoms. The Bertz CT molecular complexity index is 1580. The molecule has 35 heavy (non-hydrogen) atoms. The molecule has 0 atom stereocenters. The van der Waals surface area contributed by atoms with Gasteiger partial charge in [0.05, 0.1) is 29.5 Å². The minimum Gasteiger partial charge on any atom is -0.505 e. The molecule has 1 aromatic heterocycles. The van der Waals surface area contributed by atoms with Crippen molar-refractivity contribution in [3.63, 3.8) is 0 Å². The maximum absolute atomic E-state index is 13.0. The number of aromatic hydroxyl groups is 1. The summed E-state index contributed by atoms with van der Waals surface area (Å²) < 4.78 is 6.17. The third kappa shape index (κ3) is 4.54. The van der Waals surface area contributed by atoms with Gasteiger partial charge >= 0.3 is 0 Å². The number of methoxy groups -OCH3 is 1. The number of phenolic OH excluding ortho intramolecular Hbond substituents is 1. The molecule has 5 rings (SSSR count). The van der Waals surface area contributed by atoms with Crippen molar-refractivity contribution in [2.75, 3.05) is 12.4 Å². The SMILES string of the molecule is COc1ccc2sc(N=Nc3c(O)c(C(=O)Nc4ccc(CO)cc4)cc4ccccc34)nc2c1. The molecule has 0 aliphatic rings. The van der Waals surface area contributed by atoms with Crippen LogP contribution < -0.4 is 10.1 Å². The minimum absolute atomic E-state index is 0.0675. The van der Waals surface area contributed by atoms with Crippen molar-refractivity contribution in [1.29, 1.82) is 0 Å². The van der Waals surface area contributed by atoms with Crippen molar-refractivity contribution in [3.05, 3.63) is 83.9 Å². The van der Waals surface area contributed by atoms with Gasteiger partial charge in [-0.25, -0.2) is 4.98 Å². The van der Waals surface area contributed by atoms with Crippen LogP contribution in [0.3, 0.4) is 0 Å². The molecule has 174 valence electrons. The summed E-state index contributed by atoms with van der Waals surface area (Å²) in [5.41, 5.74) is 2.25. The van der Waals surface area contributed by atoms with Crippen LogP contribution in [0.4, 0.5) is 16.5 Å². The number of phenols is 1. The second kappa shape index (κ2) is 9.49. The Morgan fingerprint density at radius 1 is 1.06 bits per heavy atom. The molecule has 0 saturated carbocycles. The molecule has 0 bridgehead atoms. The molecule has 0 aliphatic carbocycles. The molecule has 8 nitrogen and oxygen atoms in total. The number of hydrogen-bond acceptors (Lipinski definition) is 8. The first-order valence-corrected chi connectivity index (χ1v) is 11.5. The molecule has 1 amide bonds. The van der Waals surface area contributed by atoms with Crippen LogP contribution >= 0.6 is 11.3 Å². The summed E-state index contributed by atoms with van der Waals surface area (Å²) in [6.45, 7) is -0.0870. The quantitative estimate of drug-likeness (QED) is 0.244. The zero-order valence-electron chi connectivity index (χ0n) is 18.6. The molecular formula is C26H20N4O4S. The highest BCUT2D eigenvalue weighted by molar-refractivity contribution is 7.21. The standard InChI is InChI=1S/C26H20N4O4S/c1-34-18-10-11-22-21(13-18)28-26(35-22)30-29-23-19-5-3-2-4-16(19)12-20(24(23)32)25(33)27-17-8-6-15(14-31)7-9-17/h2-13,31-32H,14H2,1H3,(H,27,33). The van der Waals surface area contributed by atoms with E-state index in [1.165, 1.54) is 11.3 Å². The number of carbonyl (C=O) groups is 1. The van der Waals surface area contributed by atoms with E-state index in [-0.39, 0.29) is 23.6 Å². The number of fused-ring (bicyclic) bond motifs is 2. The van der Waals surface area contributed by atoms with E-state index < -0.39 is 5.91 Å². The zero-order chi connectivity index (χ0) is 24.4. The highest BCUT2D eigenvalue weighted by atomic mass is 32.1. The van der Waals surface area contributed by atoms with Crippen LogP contribution in [0.2, 0.25) is 0 Å². The number of ether oxygens (including phenoxy) is 1. The van der Waals surface area contributed by atoms with Crippen molar-refractivity contribution in [3.8, 4) is 11.5 Å². The van der Waals surface area contributed by atoms with E-state index in [2.05, 4.69) is 20.5 Å². The third-order valence-corrected chi connectivity index (χ3v) is 6.37. The maximum atomic E-state index is 13.0. The molecule has 0 unspecified atom stereocenters. The molecule has 3 N–H and O–H groups in total. The number of aliphatic hydroxyl groups is 1. The lowest BCUT2D eigenvalue weighted by atomic mass is 10.0. The summed E-state index contributed by atoms with van der Waals surface area (Å²) >= 11 is 1.36. The van der Waals surface area contributed by atoms with Crippen molar-refractivity contribution in [2.45, 2.75) is 6.61 Å². The number of benzene rings is 4. The molecule has 5 aromatic rings. The zero-order valence-corrected chi connectivity index (χ0v) is 19.4. The van der Waals surface area contributed by atoms with Crippen molar-refractivity contribution in [1.82, 2.24) is 4.98 Å². The van der Waals surface area contributed by atoms with Gasteiger partial charge in [0.15, 0.2) is 5.75 Å². The van der Waals surface area contributed by atoms with Gasteiger partial charge in [-0.15, -0.1) is 10.2 Å². The second-order valence-electron chi connectivity index (χ2n) is 7.68. The van der Waals surface area contributed by atoms with Gasteiger partial charge in [-0.3, -0.25) is 4.79 Å². The van der Waals surface area contributed by atoms with Crippen LogP contribution in [-0.4, -0.2) is 28.2 Å². The van der Waals surface area contributed by atoms with Gasteiger partial charge < -0.3 is 20.3 Å². The number of aliphatic hydroxyl groups excluding tert-OH is 1. The number of rotatable bonds is 6. The summed E-state index contributed by atoms with van der Waals surface area (Å²) in [6, 6.07) is 21.3. The molecular weight excluding hydrogens is 464 g/mol. The normalized spacial score (nSPS) is 11.4. The lowest BCUT2D eigenvalue weighted by Gasteiger charge is -2.11. The Labute approximate surface area is 204 Å². The van der Waals surface area contributed by atoms with E-state index in [9.17, 15) is 15.0 Å². The predicted octanol–water partition coefficient (Wildman–Crippen LogP) is 6.32. The minimum atomic E-state index is -0.492. The van der Waals surface area contributed by atoms with Gasteiger partial charge in [0.25, 0.3) is 5.91 Å². The van der Waals surface area contributed by atoms with E-state index in [1.807, 2.05) is 42.5 Å². The van der Waals surface area contributed by atoms with Crippen LogP contribution in [-0.2, 0) is 6.61 Å². The number of nitrogens with one attached hydrogen (secondary N) is 1. The summed E-state index contributed by atoms with van der Waals surface area (Å²) in [4.78, 5) is 17.5. The average molecular weight is 485 g/mol. The maximum Gasteiger partial charge on any atom is 0.259 e. The topological polar surface area (TPSA) is 116 Å². The van der Waals surface area contributed by atoms with E-state index in [0.717, 1.165) is 21.2 Å². The van der Waals surface area contributed by atoms with Crippen molar-refractivity contribution >= 4 is 54.7 Å². The fourth-order valence-electron chi connectivity index (χ4n) is 3.64. The van der Waals surface area contributed by atoms with Crippen molar-refractivity contribution in [2.24, 2.45) is 10.2 Å². The van der Waals surface area contributed by atoms with Gasteiger partial charge in [0.2, 0.25) is 5.13 Å². The van der Waals surface area contributed by atoms with Crippen LogP contribution in [0.15, 0.2) is 83.0 Å². The summed E-state index contributed by atoms with van der Waals surface area (Å²) in [7, 11) is 1.59. The number of azo groups is 1. The van der Waals surface area contributed by atoms with E-state index in [0.29, 0.717) is 22.0 Å². The first kappa shape index (κ1) is 22.5. The first-order chi connectivity index (χ1) is 17.1. The fourth-order valence-corrected chi connectivity index (χ4v) is 4.41. The smallest absolute Gasteiger partial charge is 0.259 e. The third-order valence-electron chi connectivity index (χ3n) is 5.45. The number of thiazole rings is 1. The molecule has 0 saturated heterocycles. The summed E-state index contributed by atoms with van der Waals surface area (Å²) in [6.07, 6.45) is 0. The highest BCUT2D eigenvalue weighted by Gasteiger charge is 2.19. The first-order valence-electron chi connectivity index (χ1n) is 10.7. The van der Waals surface area contributed by atoms with E-state index >= 15 is 0 Å². The lowest BCUT2D eigenvalue weighted by Crippen LogP contribution is -2.12.